The second-order valence-electron chi connectivity index (χ2n) is 8.16. The van der Waals surface area contributed by atoms with Crippen LogP contribution in [-0.4, -0.2) is 20.4 Å². The summed E-state index contributed by atoms with van der Waals surface area (Å²) in [7, 11) is 0. The summed E-state index contributed by atoms with van der Waals surface area (Å²) >= 11 is 0. The van der Waals surface area contributed by atoms with Crippen LogP contribution < -0.4 is 0 Å². The number of rotatable bonds is 2. The van der Waals surface area contributed by atoms with Gasteiger partial charge in [0, 0.05) is 0 Å². The molecule has 0 saturated heterocycles. The van der Waals surface area contributed by atoms with Crippen LogP contribution >= 0.6 is 0 Å². The lowest BCUT2D eigenvalue weighted by molar-refractivity contribution is 0.403. The summed E-state index contributed by atoms with van der Waals surface area (Å²) in [6.45, 7) is 3.79. The van der Waals surface area contributed by atoms with E-state index in [0.29, 0.717) is 0 Å². The predicted molar refractivity (Wildman–Crippen MR) is 122 cm³/mol. The van der Waals surface area contributed by atoms with Gasteiger partial charge in [-0.1, -0.05) is 36.4 Å². The summed E-state index contributed by atoms with van der Waals surface area (Å²) in [6, 6.07) is 18.7. The molecule has 4 N–H and O–H groups in total. The molecule has 4 nitrogen and oxygen atoms in total. The van der Waals surface area contributed by atoms with Gasteiger partial charge in [0.05, 0.1) is 0 Å². The highest BCUT2D eigenvalue weighted by Crippen LogP contribution is 2.49. The van der Waals surface area contributed by atoms with E-state index in [1.807, 2.05) is 32.0 Å². The summed E-state index contributed by atoms with van der Waals surface area (Å²) in [4.78, 5) is 0. The first-order chi connectivity index (χ1) is 14.8. The van der Waals surface area contributed by atoms with E-state index in [0.717, 1.165) is 50.9 Å². The molecular weight excluding hydrogens is 388 g/mol. The highest BCUT2D eigenvalue weighted by molar-refractivity contribution is 5.95. The monoisotopic (exact) mass is 410 g/mol. The van der Waals surface area contributed by atoms with Crippen LogP contribution in [0.3, 0.4) is 0 Å². The molecule has 0 saturated carbocycles. The van der Waals surface area contributed by atoms with Crippen molar-refractivity contribution in [3.8, 4) is 56.4 Å². The fourth-order valence-corrected chi connectivity index (χ4v) is 4.67. The Morgan fingerprint density at radius 2 is 1.10 bits per heavy atom. The normalized spacial score (nSPS) is 11.9. The third kappa shape index (κ3) is 2.91. The predicted octanol–water partition coefficient (Wildman–Crippen LogP) is 6.03. The lowest BCUT2D eigenvalue weighted by atomic mass is 9.85. The van der Waals surface area contributed by atoms with Gasteiger partial charge in [0.2, 0.25) is 0 Å². The zero-order valence-corrected chi connectivity index (χ0v) is 17.3. The van der Waals surface area contributed by atoms with Gasteiger partial charge in [-0.25, -0.2) is 0 Å². The molecule has 0 aliphatic heterocycles. The molecule has 0 bridgehead atoms. The molecule has 0 amide bonds. The number of aromatic hydroxyl groups is 4. The van der Waals surface area contributed by atoms with Crippen LogP contribution in [0.15, 0.2) is 60.7 Å². The van der Waals surface area contributed by atoms with E-state index in [-0.39, 0.29) is 23.0 Å². The van der Waals surface area contributed by atoms with Gasteiger partial charge in [0.25, 0.3) is 0 Å². The van der Waals surface area contributed by atoms with Gasteiger partial charge in [-0.05, 0) is 100 Å². The number of benzene rings is 4. The van der Waals surface area contributed by atoms with Gasteiger partial charge in [-0.2, -0.15) is 0 Å². The maximum absolute atomic E-state index is 10.3. The summed E-state index contributed by atoms with van der Waals surface area (Å²) in [5.41, 5.74) is 9.84. The Morgan fingerprint density at radius 3 is 1.81 bits per heavy atom. The highest BCUT2D eigenvalue weighted by atomic mass is 16.3. The molecule has 0 fully saturated rings. The van der Waals surface area contributed by atoms with Crippen LogP contribution in [0.5, 0.6) is 23.0 Å². The van der Waals surface area contributed by atoms with Crippen molar-refractivity contribution >= 4 is 0 Å². The Labute approximate surface area is 180 Å². The minimum absolute atomic E-state index is 0.155. The fraction of sp³-hybridized carbons (Fsp3) is 0.111. The first kappa shape index (κ1) is 19.1. The van der Waals surface area contributed by atoms with Crippen LogP contribution in [-0.2, 0) is 6.42 Å². The number of hydrogen-bond donors (Lipinski definition) is 4. The third-order valence-electron chi connectivity index (χ3n) is 6.19. The number of phenolic OH excluding ortho intramolecular Hbond substituents is 4. The van der Waals surface area contributed by atoms with Crippen molar-refractivity contribution in [2.24, 2.45) is 0 Å². The van der Waals surface area contributed by atoms with Crippen LogP contribution in [0.1, 0.15) is 22.3 Å². The third-order valence-corrected chi connectivity index (χ3v) is 6.19. The molecule has 0 aromatic heterocycles. The Balaban J connectivity index is 1.87. The SMILES string of the molecule is Cc1cc(O)c(O)cc1-c1ccc2c(c1-c1cc(O)c(O)cc1C)Cc1ccccc1-2. The minimum Gasteiger partial charge on any atom is -0.504 e. The largest absolute Gasteiger partial charge is 0.504 e. The van der Waals surface area contributed by atoms with Crippen molar-refractivity contribution in [3.05, 3.63) is 82.9 Å². The highest BCUT2D eigenvalue weighted by Gasteiger charge is 2.26. The molecule has 1 aliphatic carbocycles. The number of aryl methyl sites for hydroxylation is 2. The molecule has 0 radical (unpaired) electrons. The van der Waals surface area contributed by atoms with Gasteiger partial charge in [-0.15, -0.1) is 0 Å². The molecule has 4 aromatic rings. The first-order valence-corrected chi connectivity index (χ1v) is 10.1. The lowest BCUT2D eigenvalue weighted by Gasteiger charge is -2.20. The quantitative estimate of drug-likeness (QED) is 0.268. The topological polar surface area (TPSA) is 80.9 Å². The molecule has 0 heterocycles. The molecule has 0 spiro atoms. The average molecular weight is 410 g/mol. The van der Waals surface area contributed by atoms with Crippen molar-refractivity contribution in [1.82, 2.24) is 0 Å². The van der Waals surface area contributed by atoms with E-state index in [1.165, 1.54) is 11.1 Å². The molecule has 1 aliphatic rings. The van der Waals surface area contributed by atoms with Crippen LogP contribution in [0, 0.1) is 13.8 Å². The van der Waals surface area contributed by atoms with Crippen LogP contribution in [0.4, 0.5) is 0 Å². The molecule has 0 unspecified atom stereocenters. The summed E-state index contributed by atoms with van der Waals surface area (Å²) in [5, 5.41) is 40.4. The Kier molecular flexibility index (Phi) is 4.19. The molecule has 31 heavy (non-hydrogen) atoms. The second-order valence-corrected chi connectivity index (χ2v) is 8.16. The van der Waals surface area contributed by atoms with E-state index in [4.69, 9.17) is 0 Å². The van der Waals surface area contributed by atoms with Crippen molar-refractivity contribution in [3.63, 3.8) is 0 Å². The molecule has 4 aromatic carbocycles. The fourth-order valence-electron chi connectivity index (χ4n) is 4.67. The molecule has 0 atom stereocenters. The summed E-state index contributed by atoms with van der Waals surface area (Å²) in [6.07, 6.45) is 0.749. The van der Waals surface area contributed by atoms with Crippen molar-refractivity contribution in [2.75, 3.05) is 0 Å². The van der Waals surface area contributed by atoms with Crippen LogP contribution in [0.2, 0.25) is 0 Å². The number of hydrogen-bond acceptors (Lipinski definition) is 4. The smallest absolute Gasteiger partial charge is 0.158 e. The average Bonchev–Trinajstić information content (AvgIpc) is 3.12. The molecule has 4 heteroatoms. The second kappa shape index (κ2) is 6.81. The van der Waals surface area contributed by atoms with E-state index in [1.54, 1.807) is 24.3 Å². The van der Waals surface area contributed by atoms with E-state index in [9.17, 15) is 20.4 Å². The van der Waals surface area contributed by atoms with Crippen molar-refractivity contribution in [1.29, 1.82) is 0 Å². The Hall–Kier alpha value is -3.92. The lowest BCUT2D eigenvalue weighted by Crippen LogP contribution is -1.96. The Bertz CT molecular complexity index is 1370. The Morgan fingerprint density at radius 1 is 0.548 bits per heavy atom. The summed E-state index contributed by atoms with van der Waals surface area (Å²) < 4.78 is 0. The standard InChI is InChI=1S/C27H22O4/c1-14-9-23(28)25(30)12-20(14)19-8-7-18-17-6-4-3-5-16(17)11-22(18)27(19)21-13-26(31)24(29)10-15(21)2/h3-10,12-13,28-31H,11H2,1-2H3. The summed E-state index contributed by atoms with van der Waals surface area (Å²) in [5.74, 6) is -0.669. The zero-order valence-electron chi connectivity index (χ0n) is 17.3. The van der Waals surface area contributed by atoms with Crippen molar-refractivity contribution < 1.29 is 20.4 Å². The van der Waals surface area contributed by atoms with Crippen LogP contribution in [0.25, 0.3) is 33.4 Å². The van der Waals surface area contributed by atoms with Gasteiger partial charge in [0.1, 0.15) is 0 Å². The number of fused-ring (bicyclic) bond motifs is 3. The molecule has 154 valence electrons. The van der Waals surface area contributed by atoms with Crippen molar-refractivity contribution in [2.45, 2.75) is 20.3 Å². The maximum Gasteiger partial charge on any atom is 0.158 e. The molecule has 5 rings (SSSR count). The van der Waals surface area contributed by atoms with Gasteiger partial charge in [0.15, 0.2) is 23.0 Å². The first-order valence-electron chi connectivity index (χ1n) is 10.1. The maximum atomic E-state index is 10.3. The van der Waals surface area contributed by atoms with Gasteiger partial charge in [-0.3, -0.25) is 0 Å². The minimum atomic E-state index is -0.180. The van der Waals surface area contributed by atoms with Gasteiger partial charge >= 0.3 is 0 Å². The zero-order chi connectivity index (χ0) is 21.9. The van der Waals surface area contributed by atoms with E-state index < -0.39 is 0 Å². The molecular formula is C27H22O4. The van der Waals surface area contributed by atoms with Gasteiger partial charge < -0.3 is 20.4 Å². The number of phenols is 4. The van der Waals surface area contributed by atoms with E-state index >= 15 is 0 Å². The van der Waals surface area contributed by atoms with E-state index in [2.05, 4.69) is 18.2 Å².